The largest absolute Gasteiger partial charge is 0.497 e. The number of amides is 1. The van der Waals surface area contributed by atoms with E-state index in [-0.39, 0.29) is 18.6 Å². The fraction of sp³-hybridized carbons (Fsp3) is 0.214. The first-order valence-corrected chi connectivity index (χ1v) is 11.5. The number of hydrogen-bond acceptors (Lipinski definition) is 6. The highest BCUT2D eigenvalue weighted by Crippen LogP contribution is 2.35. The Labute approximate surface area is 213 Å². The van der Waals surface area contributed by atoms with Crippen molar-refractivity contribution in [2.45, 2.75) is 27.5 Å². The molecule has 1 aromatic carbocycles. The fourth-order valence-electron chi connectivity index (χ4n) is 3.72. The Morgan fingerprint density at radius 3 is 2.57 bits per heavy atom. The number of hydrogen-bond donors (Lipinski definition) is 1. The van der Waals surface area contributed by atoms with Crippen molar-refractivity contribution in [1.29, 1.82) is 0 Å². The molecule has 4 aromatic rings. The van der Waals surface area contributed by atoms with Crippen molar-refractivity contribution in [3.8, 4) is 28.0 Å². The quantitative estimate of drug-likeness (QED) is 0.201. The van der Waals surface area contributed by atoms with Crippen molar-refractivity contribution in [2.24, 2.45) is 5.41 Å². The maximum Gasteiger partial charge on any atom is 0.312 e. The topological polar surface area (TPSA) is 95.3 Å². The van der Waals surface area contributed by atoms with Gasteiger partial charge in [-0.1, -0.05) is 6.58 Å². The highest BCUT2D eigenvalue weighted by Gasteiger charge is 2.24. The number of carbonyl (C=O) groups excluding carboxylic acids is 2. The summed E-state index contributed by atoms with van der Waals surface area (Å²) in [6, 6.07) is 10.3. The molecule has 3 aromatic heterocycles. The van der Waals surface area contributed by atoms with E-state index >= 15 is 0 Å². The van der Waals surface area contributed by atoms with Crippen LogP contribution in [0.2, 0.25) is 0 Å². The van der Waals surface area contributed by atoms with Crippen LogP contribution < -0.4 is 10.1 Å². The predicted octanol–water partition coefficient (Wildman–Crippen LogP) is 5.58. The van der Waals surface area contributed by atoms with Crippen molar-refractivity contribution in [1.82, 2.24) is 14.5 Å². The van der Waals surface area contributed by atoms with E-state index in [2.05, 4.69) is 21.9 Å². The molecule has 4 rings (SSSR count). The van der Waals surface area contributed by atoms with E-state index in [1.54, 1.807) is 55.9 Å². The molecule has 0 fully saturated rings. The SMILES string of the molecule is C=CC(=O)Nc1cc(OC)cc(-c2cnc3c(c2)c(-c2ccnc(F)c2)cn3COC(=O)C(C)(C)C)c1. The summed E-state index contributed by atoms with van der Waals surface area (Å²) in [6.07, 6.45) is 6.02. The van der Waals surface area contributed by atoms with Crippen LogP contribution in [0.3, 0.4) is 0 Å². The van der Waals surface area contributed by atoms with Crippen LogP contribution in [0.15, 0.2) is 67.6 Å². The van der Waals surface area contributed by atoms with Gasteiger partial charge in [0, 0.05) is 52.9 Å². The Hall–Kier alpha value is -4.53. The maximum atomic E-state index is 14.0. The first-order valence-electron chi connectivity index (χ1n) is 11.5. The number of nitrogens with zero attached hydrogens (tertiary/aromatic N) is 3. The lowest BCUT2D eigenvalue weighted by molar-refractivity contribution is -0.156. The molecule has 3 heterocycles. The lowest BCUT2D eigenvalue weighted by Gasteiger charge is -2.17. The highest BCUT2D eigenvalue weighted by atomic mass is 19.1. The lowest BCUT2D eigenvalue weighted by atomic mass is 9.98. The number of esters is 1. The van der Waals surface area contributed by atoms with Crippen LogP contribution in [-0.4, -0.2) is 33.5 Å². The predicted molar refractivity (Wildman–Crippen MR) is 139 cm³/mol. The average molecular weight is 503 g/mol. The molecule has 1 N–H and O–H groups in total. The van der Waals surface area contributed by atoms with Gasteiger partial charge in [0.1, 0.15) is 11.4 Å². The molecule has 0 radical (unpaired) electrons. The molecule has 0 unspecified atom stereocenters. The number of pyridine rings is 2. The van der Waals surface area contributed by atoms with Crippen molar-refractivity contribution < 1.29 is 23.5 Å². The second kappa shape index (κ2) is 10.2. The molecule has 0 aliphatic carbocycles. The van der Waals surface area contributed by atoms with E-state index in [9.17, 15) is 14.0 Å². The molecule has 0 atom stereocenters. The second-order valence-electron chi connectivity index (χ2n) is 9.43. The summed E-state index contributed by atoms with van der Waals surface area (Å²) >= 11 is 0. The molecule has 190 valence electrons. The minimum Gasteiger partial charge on any atom is -0.497 e. The number of rotatable bonds is 7. The molecular weight excluding hydrogens is 475 g/mol. The highest BCUT2D eigenvalue weighted by molar-refractivity contribution is 6.00. The van der Waals surface area contributed by atoms with E-state index in [1.165, 1.54) is 25.4 Å². The summed E-state index contributed by atoms with van der Waals surface area (Å²) < 4.78 is 26.6. The molecule has 0 aliphatic heterocycles. The van der Waals surface area contributed by atoms with Gasteiger partial charge >= 0.3 is 5.97 Å². The van der Waals surface area contributed by atoms with Crippen molar-refractivity contribution >= 4 is 28.6 Å². The molecule has 9 heteroatoms. The van der Waals surface area contributed by atoms with Crippen LogP contribution in [0.4, 0.5) is 10.1 Å². The molecule has 8 nitrogen and oxygen atoms in total. The van der Waals surface area contributed by atoms with Gasteiger partial charge in [-0.25, -0.2) is 9.97 Å². The van der Waals surface area contributed by atoms with Crippen LogP contribution in [0, 0.1) is 11.4 Å². The smallest absolute Gasteiger partial charge is 0.312 e. The summed E-state index contributed by atoms with van der Waals surface area (Å²) in [5, 5.41) is 3.46. The standard InChI is InChI=1S/C28H27FN4O4/c1-6-25(34)32-20-9-18(10-21(13-20)36-5)19-11-22-23(17-7-8-30-24(29)12-17)15-33(26(22)31-14-19)16-37-27(35)28(2,3)4/h6-15H,1,16H2,2-5H3,(H,32,34). The molecule has 0 saturated carbocycles. The van der Waals surface area contributed by atoms with E-state index in [0.29, 0.717) is 28.2 Å². The average Bonchev–Trinajstić information content (AvgIpc) is 3.24. The normalized spacial score (nSPS) is 11.3. The summed E-state index contributed by atoms with van der Waals surface area (Å²) in [5.41, 5.74) is 3.20. The van der Waals surface area contributed by atoms with Gasteiger partial charge < -0.3 is 14.8 Å². The lowest BCUT2D eigenvalue weighted by Crippen LogP contribution is -2.23. The zero-order chi connectivity index (χ0) is 26.7. The fourth-order valence-corrected chi connectivity index (χ4v) is 3.72. The van der Waals surface area contributed by atoms with Crippen LogP contribution in [0.5, 0.6) is 5.75 Å². The first-order chi connectivity index (χ1) is 17.6. The monoisotopic (exact) mass is 502 g/mol. The van der Waals surface area contributed by atoms with Crippen LogP contribution >= 0.6 is 0 Å². The van der Waals surface area contributed by atoms with Crippen molar-refractivity contribution in [3.05, 3.63) is 73.6 Å². The van der Waals surface area contributed by atoms with Gasteiger partial charge in [-0.2, -0.15) is 4.39 Å². The van der Waals surface area contributed by atoms with Gasteiger partial charge in [-0.15, -0.1) is 0 Å². The molecule has 1 amide bonds. The summed E-state index contributed by atoms with van der Waals surface area (Å²) in [6.45, 7) is 8.76. The number of aromatic nitrogens is 3. The van der Waals surface area contributed by atoms with E-state index in [1.807, 2.05) is 12.1 Å². The van der Waals surface area contributed by atoms with Crippen molar-refractivity contribution in [2.75, 3.05) is 12.4 Å². The minimum atomic E-state index is -0.661. The van der Waals surface area contributed by atoms with Gasteiger partial charge in [0.2, 0.25) is 11.9 Å². The van der Waals surface area contributed by atoms with E-state index in [0.717, 1.165) is 16.5 Å². The third-order valence-corrected chi connectivity index (χ3v) is 5.63. The first kappa shape index (κ1) is 25.6. The van der Waals surface area contributed by atoms with E-state index < -0.39 is 11.4 Å². The molecule has 0 aliphatic rings. The van der Waals surface area contributed by atoms with Crippen LogP contribution in [0.1, 0.15) is 20.8 Å². The number of nitrogens with one attached hydrogen (secondary N) is 1. The maximum absolute atomic E-state index is 14.0. The number of anilines is 1. The third kappa shape index (κ3) is 5.66. The number of carbonyl (C=O) groups is 2. The number of benzene rings is 1. The molecule has 37 heavy (non-hydrogen) atoms. The minimum absolute atomic E-state index is 0.0522. The molecule has 0 bridgehead atoms. The molecule has 0 saturated heterocycles. The third-order valence-electron chi connectivity index (χ3n) is 5.63. The Kier molecular flexibility index (Phi) is 7.06. The van der Waals surface area contributed by atoms with Gasteiger partial charge in [0.05, 0.1) is 12.5 Å². The van der Waals surface area contributed by atoms with Gasteiger partial charge in [-0.3, -0.25) is 14.2 Å². The van der Waals surface area contributed by atoms with Crippen molar-refractivity contribution in [3.63, 3.8) is 0 Å². The zero-order valence-electron chi connectivity index (χ0n) is 21.0. The second-order valence-corrected chi connectivity index (χ2v) is 9.43. The van der Waals surface area contributed by atoms with Gasteiger partial charge in [0.25, 0.3) is 0 Å². The molecular formula is C28H27FN4O4. The molecule has 0 spiro atoms. The van der Waals surface area contributed by atoms with Crippen LogP contribution in [-0.2, 0) is 21.1 Å². The summed E-state index contributed by atoms with van der Waals surface area (Å²) in [7, 11) is 1.54. The summed E-state index contributed by atoms with van der Waals surface area (Å²) in [4.78, 5) is 32.5. The Morgan fingerprint density at radius 2 is 1.89 bits per heavy atom. The van der Waals surface area contributed by atoms with Crippen LogP contribution in [0.25, 0.3) is 33.3 Å². The van der Waals surface area contributed by atoms with Gasteiger partial charge in [0.15, 0.2) is 6.73 Å². The number of fused-ring (bicyclic) bond motifs is 1. The zero-order valence-corrected chi connectivity index (χ0v) is 21.0. The summed E-state index contributed by atoms with van der Waals surface area (Å²) in [5.74, 6) is -0.776. The Morgan fingerprint density at radius 1 is 1.11 bits per heavy atom. The van der Waals surface area contributed by atoms with Gasteiger partial charge in [-0.05, 0) is 62.2 Å². The van der Waals surface area contributed by atoms with E-state index in [4.69, 9.17) is 9.47 Å². The number of methoxy groups -OCH3 is 1. The number of halogens is 1. The Bertz CT molecular complexity index is 1500. The number of ether oxygens (including phenoxy) is 2. The Balaban J connectivity index is 1.83.